The number of hydrogen-bond acceptors (Lipinski definition) is 6. The molecule has 2 heterocycles. The van der Waals surface area contributed by atoms with Crippen LogP contribution in [0, 0.1) is 18.3 Å². The van der Waals surface area contributed by atoms with E-state index in [-0.39, 0.29) is 0 Å². The minimum absolute atomic E-state index is 0.431. The molecule has 120 valence electrons. The van der Waals surface area contributed by atoms with Crippen LogP contribution in [0.3, 0.4) is 0 Å². The molecule has 4 rings (SSSR count). The summed E-state index contributed by atoms with van der Waals surface area (Å²) in [6.07, 6.45) is 0. The van der Waals surface area contributed by atoms with Gasteiger partial charge in [0.25, 0.3) is 0 Å². The Kier molecular flexibility index (Phi) is 3.56. The first-order valence-electron chi connectivity index (χ1n) is 7.67. The van der Waals surface area contributed by atoms with Gasteiger partial charge in [-0.1, -0.05) is 24.3 Å². The molecule has 2 N–H and O–H groups in total. The second-order valence-corrected chi connectivity index (χ2v) is 5.44. The minimum Gasteiger partial charge on any atom is -0.307 e. The smallest absolute Gasteiger partial charge is 0.247 e. The van der Waals surface area contributed by atoms with Gasteiger partial charge in [0.15, 0.2) is 5.82 Å². The van der Waals surface area contributed by atoms with Crippen molar-refractivity contribution in [2.75, 3.05) is 5.32 Å². The van der Waals surface area contributed by atoms with Crippen molar-refractivity contribution in [3.8, 4) is 17.5 Å². The first-order valence-corrected chi connectivity index (χ1v) is 7.67. The number of nitriles is 1. The zero-order chi connectivity index (χ0) is 17.2. The molecule has 7 nitrogen and oxygen atoms in total. The normalized spacial score (nSPS) is 10.6. The molecule has 7 heteroatoms. The molecule has 0 aliphatic heterocycles. The lowest BCUT2D eigenvalue weighted by Gasteiger charge is -2.09. The Morgan fingerprint density at radius 2 is 1.80 bits per heavy atom. The molecule has 0 spiro atoms. The first kappa shape index (κ1) is 14.8. The maximum Gasteiger partial charge on any atom is 0.247 e. The van der Waals surface area contributed by atoms with Crippen LogP contribution in [-0.4, -0.2) is 25.1 Å². The van der Waals surface area contributed by atoms with E-state index in [0.29, 0.717) is 34.5 Å². The number of aromatic nitrogens is 5. The molecule has 4 aromatic rings. The summed E-state index contributed by atoms with van der Waals surface area (Å²) < 4.78 is 0. The van der Waals surface area contributed by atoms with E-state index in [4.69, 9.17) is 0 Å². The van der Waals surface area contributed by atoms with Crippen LogP contribution >= 0.6 is 0 Å². The molecule has 0 aliphatic carbocycles. The highest BCUT2D eigenvalue weighted by Crippen LogP contribution is 2.27. The number of rotatable bonds is 3. The van der Waals surface area contributed by atoms with E-state index in [9.17, 15) is 5.26 Å². The number of aryl methyl sites for hydroxylation is 1. The van der Waals surface area contributed by atoms with E-state index in [0.717, 1.165) is 10.9 Å². The van der Waals surface area contributed by atoms with E-state index in [2.05, 4.69) is 36.5 Å². The van der Waals surface area contributed by atoms with Crippen LogP contribution in [0.4, 0.5) is 11.8 Å². The van der Waals surface area contributed by atoms with E-state index < -0.39 is 0 Å². The van der Waals surface area contributed by atoms with Gasteiger partial charge in [-0.05, 0) is 31.2 Å². The number of hydrogen-bond donors (Lipinski definition) is 2. The number of anilines is 2. The third-order valence-corrected chi connectivity index (χ3v) is 3.72. The van der Waals surface area contributed by atoms with Crippen LogP contribution in [-0.2, 0) is 0 Å². The van der Waals surface area contributed by atoms with Gasteiger partial charge < -0.3 is 5.32 Å². The van der Waals surface area contributed by atoms with Crippen LogP contribution in [0.25, 0.3) is 22.3 Å². The molecular weight excluding hydrogens is 314 g/mol. The highest BCUT2D eigenvalue weighted by atomic mass is 15.3. The number of H-pyrrole nitrogens is 1. The maximum atomic E-state index is 9.35. The number of para-hydroxylation sites is 1. The Morgan fingerprint density at radius 1 is 1.00 bits per heavy atom. The van der Waals surface area contributed by atoms with Crippen LogP contribution in [0.5, 0.6) is 0 Å². The number of aromatic amines is 1. The molecule has 0 amide bonds. The van der Waals surface area contributed by atoms with Gasteiger partial charge >= 0.3 is 0 Å². The van der Waals surface area contributed by atoms with E-state index in [1.54, 1.807) is 6.07 Å². The predicted molar refractivity (Wildman–Crippen MR) is 94.1 cm³/mol. The molecular formula is C18H13N7. The second-order valence-electron chi connectivity index (χ2n) is 5.44. The summed E-state index contributed by atoms with van der Waals surface area (Å²) in [6.45, 7) is 1.82. The molecule has 2 aromatic carbocycles. The average Bonchev–Trinajstić information content (AvgIpc) is 3.06. The van der Waals surface area contributed by atoms with Crippen molar-refractivity contribution >= 4 is 22.7 Å². The molecule has 0 unspecified atom stereocenters. The Labute approximate surface area is 143 Å². The fourth-order valence-corrected chi connectivity index (χ4v) is 2.57. The lowest BCUT2D eigenvalue weighted by molar-refractivity contribution is 1.04. The summed E-state index contributed by atoms with van der Waals surface area (Å²) in [7, 11) is 0. The monoisotopic (exact) mass is 327 g/mol. The summed E-state index contributed by atoms with van der Waals surface area (Å²) in [6, 6.07) is 17.1. The SMILES string of the molecule is Cc1nc(Nc2nc(-c3ccccc3C#N)nc3ccccc23)n[nH]1. The Bertz CT molecular complexity index is 1110. The van der Waals surface area contributed by atoms with Crippen molar-refractivity contribution < 1.29 is 0 Å². The van der Waals surface area contributed by atoms with Gasteiger partial charge in [0, 0.05) is 10.9 Å². The minimum atomic E-state index is 0.431. The van der Waals surface area contributed by atoms with Crippen LogP contribution < -0.4 is 5.32 Å². The molecule has 0 atom stereocenters. The van der Waals surface area contributed by atoms with Crippen molar-refractivity contribution in [2.24, 2.45) is 0 Å². The number of nitrogens with zero attached hydrogens (tertiary/aromatic N) is 5. The number of nitrogens with one attached hydrogen (secondary N) is 2. The third kappa shape index (κ3) is 2.77. The Morgan fingerprint density at radius 3 is 2.60 bits per heavy atom. The van der Waals surface area contributed by atoms with Gasteiger partial charge in [-0.25, -0.2) is 9.97 Å². The second kappa shape index (κ2) is 6.02. The summed E-state index contributed by atoms with van der Waals surface area (Å²) in [4.78, 5) is 13.5. The highest BCUT2D eigenvalue weighted by Gasteiger charge is 2.13. The summed E-state index contributed by atoms with van der Waals surface area (Å²) in [5, 5.41) is 20.2. The average molecular weight is 327 g/mol. The molecule has 25 heavy (non-hydrogen) atoms. The summed E-state index contributed by atoms with van der Waals surface area (Å²) >= 11 is 0. The van der Waals surface area contributed by atoms with Crippen molar-refractivity contribution in [1.82, 2.24) is 25.1 Å². The lowest BCUT2D eigenvalue weighted by atomic mass is 10.1. The quantitative estimate of drug-likeness (QED) is 0.598. The molecule has 0 fully saturated rings. The van der Waals surface area contributed by atoms with Gasteiger partial charge in [-0.15, -0.1) is 5.10 Å². The van der Waals surface area contributed by atoms with Crippen LogP contribution in [0.2, 0.25) is 0 Å². The molecule has 0 radical (unpaired) electrons. The van der Waals surface area contributed by atoms with Crippen LogP contribution in [0.1, 0.15) is 11.4 Å². The number of benzene rings is 2. The molecule has 0 bridgehead atoms. The van der Waals surface area contributed by atoms with Gasteiger partial charge in [-0.3, -0.25) is 5.10 Å². The first-order chi connectivity index (χ1) is 12.2. The Balaban J connectivity index is 1.91. The molecule has 2 aromatic heterocycles. The largest absolute Gasteiger partial charge is 0.307 e. The van der Waals surface area contributed by atoms with Crippen LogP contribution in [0.15, 0.2) is 48.5 Å². The highest BCUT2D eigenvalue weighted by molar-refractivity contribution is 5.92. The van der Waals surface area contributed by atoms with E-state index in [1.165, 1.54) is 0 Å². The zero-order valence-corrected chi connectivity index (χ0v) is 13.4. The zero-order valence-electron chi connectivity index (χ0n) is 13.4. The molecule has 0 saturated carbocycles. The Hall–Kier alpha value is -3.79. The van der Waals surface area contributed by atoms with Crippen molar-refractivity contribution in [1.29, 1.82) is 5.26 Å². The number of fused-ring (bicyclic) bond motifs is 1. The summed E-state index contributed by atoms with van der Waals surface area (Å²) in [5.74, 6) is 2.20. The standard InChI is InChI=1S/C18H13N7/c1-11-20-18(25-24-11)23-17-14-8-4-5-9-15(14)21-16(22-17)13-7-3-2-6-12(13)10-19/h2-9H,1H3,(H2,20,21,22,23,24,25). The molecule has 0 aliphatic rings. The summed E-state index contributed by atoms with van der Waals surface area (Å²) in [5.41, 5.74) is 1.98. The predicted octanol–water partition coefficient (Wildman–Crippen LogP) is 3.34. The topological polar surface area (TPSA) is 103 Å². The van der Waals surface area contributed by atoms with Crippen molar-refractivity contribution in [2.45, 2.75) is 6.92 Å². The van der Waals surface area contributed by atoms with E-state index >= 15 is 0 Å². The van der Waals surface area contributed by atoms with Gasteiger partial charge in [0.2, 0.25) is 5.95 Å². The van der Waals surface area contributed by atoms with Gasteiger partial charge in [-0.2, -0.15) is 10.2 Å². The van der Waals surface area contributed by atoms with Crippen molar-refractivity contribution in [3.05, 3.63) is 59.9 Å². The third-order valence-electron chi connectivity index (χ3n) is 3.72. The molecule has 0 saturated heterocycles. The van der Waals surface area contributed by atoms with Gasteiger partial charge in [0.1, 0.15) is 11.6 Å². The van der Waals surface area contributed by atoms with Crippen molar-refractivity contribution in [3.63, 3.8) is 0 Å². The van der Waals surface area contributed by atoms with E-state index in [1.807, 2.05) is 49.4 Å². The maximum absolute atomic E-state index is 9.35. The lowest BCUT2D eigenvalue weighted by Crippen LogP contribution is -2.01. The fraction of sp³-hybridized carbons (Fsp3) is 0.0556. The fourth-order valence-electron chi connectivity index (χ4n) is 2.57. The van der Waals surface area contributed by atoms with Gasteiger partial charge in [0.05, 0.1) is 17.1 Å².